The van der Waals surface area contributed by atoms with E-state index < -0.39 is 0 Å². The van der Waals surface area contributed by atoms with E-state index in [0.29, 0.717) is 19.6 Å². The van der Waals surface area contributed by atoms with E-state index in [1.807, 2.05) is 48.2 Å². The third kappa shape index (κ3) is 4.27. The Morgan fingerprint density at radius 3 is 2.20 bits per heavy atom. The number of benzene rings is 2. The molecule has 0 spiro atoms. The van der Waals surface area contributed by atoms with Crippen molar-refractivity contribution in [3.05, 3.63) is 71.8 Å². The number of rotatable bonds is 5. The summed E-state index contributed by atoms with van der Waals surface area (Å²) in [5.41, 5.74) is 2.28. The van der Waals surface area contributed by atoms with Gasteiger partial charge in [-0.15, -0.1) is 0 Å². The third-order valence-electron chi connectivity index (χ3n) is 4.81. The lowest BCUT2D eigenvalue weighted by Crippen LogP contribution is -2.52. The van der Waals surface area contributed by atoms with Gasteiger partial charge in [0, 0.05) is 18.9 Å². The van der Waals surface area contributed by atoms with Gasteiger partial charge >= 0.3 is 0 Å². The summed E-state index contributed by atoms with van der Waals surface area (Å²) in [6, 6.07) is 20.3. The molecule has 4 heteroatoms. The van der Waals surface area contributed by atoms with E-state index in [9.17, 15) is 9.90 Å². The number of aliphatic hydroxyl groups excluding tert-OH is 1. The zero-order chi connectivity index (χ0) is 17.6. The smallest absolute Gasteiger partial charge is 0.223 e. The molecule has 2 aromatic carbocycles. The summed E-state index contributed by atoms with van der Waals surface area (Å²) >= 11 is 0. The number of morpholine rings is 1. The Morgan fingerprint density at radius 2 is 1.68 bits per heavy atom. The Balaban J connectivity index is 1.81. The highest BCUT2D eigenvalue weighted by Gasteiger charge is 2.31. The molecular weight excluding hydrogens is 314 g/mol. The Kier molecular flexibility index (Phi) is 5.84. The van der Waals surface area contributed by atoms with E-state index in [1.165, 1.54) is 0 Å². The molecule has 1 saturated heterocycles. The van der Waals surface area contributed by atoms with E-state index in [2.05, 4.69) is 24.3 Å². The van der Waals surface area contributed by atoms with Gasteiger partial charge < -0.3 is 14.7 Å². The molecule has 2 aromatic rings. The molecule has 0 aromatic heterocycles. The normalized spacial score (nSPS) is 20.7. The van der Waals surface area contributed by atoms with Crippen LogP contribution >= 0.6 is 0 Å². The molecule has 0 saturated carbocycles. The van der Waals surface area contributed by atoms with Crippen LogP contribution in [0.15, 0.2) is 60.7 Å². The van der Waals surface area contributed by atoms with Crippen LogP contribution in [0.25, 0.3) is 0 Å². The second kappa shape index (κ2) is 8.28. The maximum absolute atomic E-state index is 13.0. The predicted octanol–water partition coefficient (Wildman–Crippen LogP) is 2.82. The minimum Gasteiger partial charge on any atom is -0.394 e. The van der Waals surface area contributed by atoms with Crippen molar-refractivity contribution in [3.8, 4) is 0 Å². The van der Waals surface area contributed by atoms with Gasteiger partial charge in [-0.3, -0.25) is 4.79 Å². The third-order valence-corrected chi connectivity index (χ3v) is 4.81. The summed E-state index contributed by atoms with van der Waals surface area (Å²) in [6.07, 6.45) is 0.128. The number of hydrogen-bond donors (Lipinski definition) is 1. The van der Waals surface area contributed by atoms with Gasteiger partial charge in [0.1, 0.15) is 0 Å². The van der Waals surface area contributed by atoms with E-state index >= 15 is 0 Å². The molecule has 3 rings (SSSR count). The van der Waals surface area contributed by atoms with Crippen molar-refractivity contribution in [2.45, 2.75) is 31.4 Å². The molecule has 0 aliphatic carbocycles. The van der Waals surface area contributed by atoms with Gasteiger partial charge in [-0.2, -0.15) is 0 Å². The Morgan fingerprint density at radius 1 is 1.12 bits per heavy atom. The van der Waals surface area contributed by atoms with E-state index in [0.717, 1.165) is 11.1 Å². The molecule has 1 fully saturated rings. The van der Waals surface area contributed by atoms with Gasteiger partial charge in [0.05, 0.1) is 25.4 Å². The second-order valence-corrected chi connectivity index (χ2v) is 6.61. The zero-order valence-corrected chi connectivity index (χ0v) is 14.5. The number of aliphatic hydroxyl groups is 1. The molecule has 2 unspecified atom stereocenters. The molecule has 1 amide bonds. The molecule has 1 N–H and O–H groups in total. The number of hydrogen-bond acceptors (Lipinski definition) is 3. The fourth-order valence-corrected chi connectivity index (χ4v) is 3.37. The molecule has 1 aliphatic heterocycles. The van der Waals surface area contributed by atoms with Crippen molar-refractivity contribution in [1.82, 2.24) is 4.90 Å². The van der Waals surface area contributed by atoms with Crippen molar-refractivity contribution < 1.29 is 14.6 Å². The largest absolute Gasteiger partial charge is 0.394 e. The summed E-state index contributed by atoms with van der Waals surface area (Å²) in [5, 5.41) is 9.35. The first-order chi connectivity index (χ1) is 12.2. The minimum atomic E-state index is -0.285. The number of nitrogens with zero attached hydrogens (tertiary/aromatic N) is 1. The summed E-state index contributed by atoms with van der Waals surface area (Å²) in [5.74, 6) is 0.129. The summed E-state index contributed by atoms with van der Waals surface area (Å²) in [7, 11) is 0. The van der Waals surface area contributed by atoms with Crippen molar-refractivity contribution in [2.24, 2.45) is 0 Å². The van der Waals surface area contributed by atoms with Crippen LogP contribution in [0.2, 0.25) is 0 Å². The first-order valence-corrected chi connectivity index (χ1v) is 8.81. The molecule has 0 radical (unpaired) electrons. The van der Waals surface area contributed by atoms with Crippen molar-refractivity contribution in [2.75, 3.05) is 19.8 Å². The maximum Gasteiger partial charge on any atom is 0.223 e. The van der Waals surface area contributed by atoms with Crippen LogP contribution in [0.5, 0.6) is 0 Å². The molecule has 25 heavy (non-hydrogen) atoms. The van der Waals surface area contributed by atoms with Crippen LogP contribution in [0.3, 0.4) is 0 Å². The van der Waals surface area contributed by atoms with Crippen LogP contribution in [0, 0.1) is 0 Å². The van der Waals surface area contributed by atoms with Crippen molar-refractivity contribution in [3.63, 3.8) is 0 Å². The van der Waals surface area contributed by atoms with E-state index in [-0.39, 0.29) is 30.6 Å². The fraction of sp³-hybridized carbons (Fsp3) is 0.381. The van der Waals surface area contributed by atoms with Gasteiger partial charge in [0.15, 0.2) is 0 Å². The molecule has 4 nitrogen and oxygen atoms in total. The molecular formula is C21H25NO3. The maximum atomic E-state index is 13.0. The first-order valence-electron chi connectivity index (χ1n) is 8.81. The lowest BCUT2D eigenvalue weighted by Gasteiger charge is -2.38. The van der Waals surface area contributed by atoms with Crippen LogP contribution in [0.4, 0.5) is 0 Å². The Hall–Kier alpha value is -2.17. The predicted molar refractivity (Wildman–Crippen MR) is 97.3 cm³/mol. The fourth-order valence-electron chi connectivity index (χ4n) is 3.37. The lowest BCUT2D eigenvalue weighted by atomic mass is 9.88. The zero-order valence-electron chi connectivity index (χ0n) is 14.5. The quantitative estimate of drug-likeness (QED) is 0.911. The van der Waals surface area contributed by atoms with Crippen LogP contribution in [-0.4, -0.2) is 47.8 Å². The van der Waals surface area contributed by atoms with Gasteiger partial charge in [-0.1, -0.05) is 60.7 Å². The average molecular weight is 339 g/mol. The van der Waals surface area contributed by atoms with Crippen LogP contribution in [-0.2, 0) is 9.53 Å². The Bertz CT molecular complexity index is 635. The number of ether oxygens (including phenoxy) is 1. The highest BCUT2D eigenvalue weighted by atomic mass is 16.5. The van der Waals surface area contributed by atoms with Gasteiger partial charge in [0.2, 0.25) is 5.91 Å². The second-order valence-electron chi connectivity index (χ2n) is 6.61. The van der Waals surface area contributed by atoms with Crippen LogP contribution in [0.1, 0.15) is 30.4 Å². The van der Waals surface area contributed by atoms with Gasteiger partial charge in [-0.05, 0) is 18.1 Å². The average Bonchev–Trinajstić information content (AvgIpc) is 2.67. The lowest BCUT2D eigenvalue weighted by molar-refractivity contribution is -0.146. The van der Waals surface area contributed by atoms with Crippen molar-refractivity contribution >= 4 is 5.91 Å². The topological polar surface area (TPSA) is 49.8 Å². The van der Waals surface area contributed by atoms with E-state index in [4.69, 9.17) is 4.74 Å². The summed E-state index contributed by atoms with van der Waals surface area (Å²) in [4.78, 5) is 14.9. The number of amides is 1. The van der Waals surface area contributed by atoms with Gasteiger partial charge in [0.25, 0.3) is 0 Å². The van der Waals surface area contributed by atoms with Crippen LogP contribution < -0.4 is 0 Å². The standard InChI is InChI=1S/C21H25NO3/c1-16-15-25-19(14-23)13-22(16)21(24)12-20(17-8-4-2-5-9-17)18-10-6-3-7-11-18/h2-11,16,19-20,23H,12-15H2,1H3. The van der Waals surface area contributed by atoms with Gasteiger partial charge in [-0.25, -0.2) is 0 Å². The molecule has 1 heterocycles. The Labute approximate surface area is 149 Å². The molecule has 2 atom stereocenters. The monoisotopic (exact) mass is 339 g/mol. The summed E-state index contributed by atoms with van der Waals surface area (Å²) in [6.45, 7) is 2.86. The van der Waals surface area contributed by atoms with E-state index in [1.54, 1.807) is 0 Å². The number of carbonyl (C=O) groups is 1. The molecule has 0 bridgehead atoms. The van der Waals surface area contributed by atoms with Crippen molar-refractivity contribution in [1.29, 1.82) is 0 Å². The summed E-state index contributed by atoms with van der Waals surface area (Å²) < 4.78 is 5.55. The highest BCUT2D eigenvalue weighted by molar-refractivity contribution is 5.78. The highest BCUT2D eigenvalue weighted by Crippen LogP contribution is 2.29. The SMILES string of the molecule is CC1COC(CO)CN1C(=O)CC(c1ccccc1)c1ccccc1. The molecule has 1 aliphatic rings. The number of carbonyl (C=O) groups excluding carboxylic acids is 1. The minimum absolute atomic E-state index is 0.0255. The molecule has 132 valence electrons. The first kappa shape index (κ1) is 17.6.